The molecule has 0 atom stereocenters. The van der Waals surface area contributed by atoms with Crippen LogP contribution in [0.25, 0.3) is 0 Å². The fourth-order valence-corrected chi connectivity index (χ4v) is 1.80. The topological polar surface area (TPSA) is 58.2 Å². The predicted octanol–water partition coefficient (Wildman–Crippen LogP) is 1.07. The first-order valence-corrected chi connectivity index (χ1v) is 5.46. The molecular weight excluding hydrogens is 235 g/mol. The summed E-state index contributed by atoms with van der Waals surface area (Å²) in [5, 5.41) is 4.98. The average Bonchev–Trinajstić information content (AvgIpc) is 2.31. The normalized spacial score (nSPS) is 12.9. The minimum absolute atomic E-state index is 0.0291. The number of carbonyl (C=O) groups is 2. The van der Waals surface area contributed by atoms with Gasteiger partial charge < -0.3 is 10.6 Å². The number of rotatable bonds is 1. The Labute approximate surface area is 104 Å². The highest BCUT2D eigenvalue weighted by atomic mass is 19.1. The molecular formula is C13H11FN2O2. The van der Waals surface area contributed by atoms with Crippen molar-refractivity contribution in [2.24, 2.45) is 0 Å². The standard InChI is InChI=1S/C13H11FN2O2/c1-2-3-12(17)16-11-7-9-8(6-10(11)14)4-5-15-13(9)18/h6-7H,4-5H2,1H3,(H,15,18)(H,16,17). The predicted molar refractivity (Wildman–Crippen MR) is 64.5 cm³/mol. The van der Waals surface area contributed by atoms with Gasteiger partial charge >= 0.3 is 0 Å². The van der Waals surface area contributed by atoms with Crippen LogP contribution in [0.4, 0.5) is 10.1 Å². The third-order valence-electron chi connectivity index (χ3n) is 2.60. The van der Waals surface area contributed by atoms with E-state index in [1.807, 2.05) is 0 Å². The maximum absolute atomic E-state index is 13.7. The Hall–Kier alpha value is -2.35. The molecule has 92 valence electrons. The molecule has 0 saturated carbocycles. The number of hydrogen-bond donors (Lipinski definition) is 2. The molecule has 0 saturated heterocycles. The van der Waals surface area contributed by atoms with Crippen molar-refractivity contribution < 1.29 is 14.0 Å². The summed E-state index contributed by atoms with van der Waals surface area (Å²) in [6, 6.07) is 2.62. The van der Waals surface area contributed by atoms with Crippen LogP contribution in [0.1, 0.15) is 22.8 Å². The van der Waals surface area contributed by atoms with E-state index in [1.165, 1.54) is 19.1 Å². The first-order valence-electron chi connectivity index (χ1n) is 5.46. The number of amides is 2. The van der Waals surface area contributed by atoms with E-state index in [9.17, 15) is 14.0 Å². The molecule has 5 heteroatoms. The van der Waals surface area contributed by atoms with Gasteiger partial charge in [-0.05, 0) is 37.0 Å². The third-order valence-corrected chi connectivity index (χ3v) is 2.60. The van der Waals surface area contributed by atoms with Crippen molar-refractivity contribution in [2.45, 2.75) is 13.3 Å². The maximum atomic E-state index is 13.7. The number of anilines is 1. The van der Waals surface area contributed by atoms with Crippen molar-refractivity contribution in [3.8, 4) is 11.8 Å². The summed E-state index contributed by atoms with van der Waals surface area (Å²) in [5.41, 5.74) is 1.01. The van der Waals surface area contributed by atoms with Crippen molar-refractivity contribution in [3.63, 3.8) is 0 Å². The zero-order valence-electron chi connectivity index (χ0n) is 9.76. The number of carbonyl (C=O) groups excluding carboxylic acids is 2. The summed E-state index contributed by atoms with van der Waals surface area (Å²) in [6.07, 6.45) is 0.584. The van der Waals surface area contributed by atoms with Gasteiger partial charge in [-0.15, -0.1) is 0 Å². The summed E-state index contributed by atoms with van der Waals surface area (Å²) in [6.45, 7) is 2.01. The van der Waals surface area contributed by atoms with Gasteiger partial charge in [0.05, 0.1) is 5.69 Å². The van der Waals surface area contributed by atoms with Gasteiger partial charge in [0.25, 0.3) is 11.8 Å². The Balaban J connectivity index is 2.36. The second kappa shape index (κ2) is 4.88. The van der Waals surface area contributed by atoms with E-state index in [0.29, 0.717) is 24.1 Å². The summed E-state index contributed by atoms with van der Waals surface area (Å²) >= 11 is 0. The van der Waals surface area contributed by atoms with Gasteiger partial charge in [0.1, 0.15) is 5.82 Å². The molecule has 18 heavy (non-hydrogen) atoms. The van der Waals surface area contributed by atoms with Gasteiger partial charge in [-0.3, -0.25) is 9.59 Å². The van der Waals surface area contributed by atoms with E-state index < -0.39 is 11.7 Å². The molecule has 4 nitrogen and oxygen atoms in total. The Morgan fingerprint density at radius 1 is 1.50 bits per heavy atom. The molecule has 1 aliphatic rings. The van der Waals surface area contributed by atoms with Crippen LogP contribution in [-0.4, -0.2) is 18.4 Å². The van der Waals surface area contributed by atoms with Crippen LogP contribution in [0, 0.1) is 17.7 Å². The molecule has 0 aliphatic carbocycles. The summed E-state index contributed by atoms with van der Waals surface area (Å²) in [4.78, 5) is 22.8. The van der Waals surface area contributed by atoms with Crippen LogP contribution < -0.4 is 10.6 Å². The van der Waals surface area contributed by atoms with E-state index in [1.54, 1.807) is 0 Å². The molecule has 1 heterocycles. The molecule has 1 aliphatic heterocycles. The van der Waals surface area contributed by atoms with Crippen LogP contribution in [-0.2, 0) is 11.2 Å². The van der Waals surface area contributed by atoms with E-state index in [2.05, 4.69) is 22.5 Å². The van der Waals surface area contributed by atoms with Crippen molar-refractivity contribution in [2.75, 3.05) is 11.9 Å². The van der Waals surface area contributed by atoms with Crippen LogP contribution in [0.15, 0.2) is 12.1 Å². The monoisotopic (exact) mass is 246 g/mol. The fraction of sp³-hybridized carbons (Fsp3) is 0.231. The Kier molecular flexibility index (Phi) is 3.28. The third kappa shape index (κ3) is 2.33. The highest BCUT2D eigenvalue weighted by molar-refractivity contribution is 6.05. The number of nitrogens with one attached hydrogen (secondary N) is 2. The van der Waals surface area contributed by atoms with Crippen molar-refractivity contribution in [1.29, 1.82) is 0 Å². The Morgan fingerprint density at radius 3 is 3.00 bits per heavy atom. The molecule has 0 spiro atoms. The molecule has 0 radical (unpaired) electrons. The van der Waals surface area contributed by atoms with E-state index in [0.717, 1.165) is 0 Å². The minimum Gasteiger partial charge on any atom is -0.352 e. The fourth-order valence-electron chi connectivity index (χ4n) is 1.80. The lowest BCUT2D eigenvalue weighted by atomic mass is 9.99. The number of benzene rings is 1. The first-order chi connectivity index (χ1) is 8.61. The lowest BCUT2D eigenvalue weighted by Crippen LogP contribution is -2.32. The quantitative estimate of drug-likeness (QED) is 0.728. The van der Waals surface area contributed by atoms with Crippen LogP contribution >= 0.6 is 0 Å². The van der Waals surface area contributed by atoms with Gasteiger partial charge in [0, 0.05) is 12.1 Å². The van der Waals surface area contributed by atoms with E-state index in [-0.39, 0.29) is 11.6 Å². The lowest BCUT2D eigenvalue weighted by Gasteiger charge is -2.17. The molecule has 2 N–H and O–H groups in total. The molecule has 0 unspecified atom stereocenters. The molecule has 0 aromatic heterocycles. The maximum Gasteiger partial charge on any atom is 0.300 e. The Morgan fingerprint density at radius 2 is 2.28 bits per heavy atom. The molecule has 1 aromatic carbocycles. The highest BCUT2D eigenvalue weighted by Crippen LogP contribution is 2.22. The molecule has 2 rings (SSSR count). The van der Waals surface area contributed by atoms with Crippen LogP contribution in [0.3, 0.4) is 0 Å². The second-order valence-corrected chi connectivity index (χ2v) is 3.82. The molecule has 1 aromatic rings. The summed E-state index contributed by atoms with van der Waals surface area (Å²) in [7, 11) is 0. The zero-order valence-corrected chi connectivity index (χ0v) is 9.76. The van der Waals surface area contributed by atoms with E-state index >= 15 is 0 Å². The molecule has 0 fully saturated rings. The van der Waals surface area contributed by atoms with Gasteiger partial charge in [-0.2, -0.15) is 0 Å². The van der Waals surface area contributed by atoms with Crippen LogP contribution in [0.2, 0.25) is 0 Å². The van der Waals surface area contributed by atoms with Gasteiger partial charge in [-0.1, -0.05) is 5.92 Å². The van der Waals surface area contributed by atoms with Crippen molar-refractivity contribution in [1.82, 2.24) is 5.32 Å². The van der Waals surface area contributed by atoms with Gasteiger partial charge in [-0.25, -0.2) is 4.39 Å². The number of hydrogen-bond acceptors (Lipinski definition) is 2. The van der Waals surface area contributed by atoms with Gasteiger partial charge in [0.2, 0.25) is 0 Å². The number of fused-ring (bicyclic) bond motifs is 1. The van der Waals surface area contributed by atoms with Crippen LogP contribution in [0.5, 0.6) is 0 Å². The average molecular weight is 246 g/mol. The largest absolute Gasteiger partial charge is 0.352 e. The SMILES string of the molecule is CC#CC(=O)Nc1cc2c(cc1F)CCNC2=O. The van der Waals surface area contributed by atoms with E-state index in [4.69, 9.17) is 0 Å². The molecule has 2 amide bonds. The Bertz CT molecular complexity index is 585. The first kappa shape index (κ1) is 12.1. The molecule has 0 bridgehead atoms. The summed E-state index contributed by atoms with van der Waals surface area (Å²) in [5.74, 6) is 3.24. The minimum atomic E-state index is -0.604. The zero-order chi connectivity index (χ0) is 13.1. The number of halogens is 1. The summed E-state index contributed by atoms with van der Waals surface area (Å²) < 4.78 is 13.7. The smallest absolute Gasteiger partial charge is 0.300 e. The lowest BCUT2D eigenvalue weighted by molar-refractivity contribution is -0.111. The second-order valence-electron chi connectivity index (χ2n) is 3.82. The highest BCUT2D eigenvalue weighted by Gasteiger charge is 2.19. The van der Waals surface area contributed by atoms with Crippen molar-refractivity contribution >= 4 is 17.5 Å². The van der Waals surface area contributed by atoms with Crippen molar-refractivity contribution in [3.05, 3.63) is 29.1 Å². The van der Waals surface area contributed by atoms with Gasteiger partial charge in [0.15, 0.2) is 0 Å².